The fraction of sp³-hybridized carbons (Fsp3) is 0.143. The number of nitriles is 1. The number of anilines is 1. The molecule has 18 heavy (non-hydrogen) atoms. The Morgan fingerprint density at radius 1 is 1.33 bits per heavy atom. The van der Waals surface area contributed by atoms with Gasteiger partial charge in [0.25, 0.3) is 0 Å². The summed E-state index contributed by atoms with van der Waals surface area (Å²) >= 11 is 1.36. The molecule has 0 aliphatic carbocycles. The van der Waals surface area contributed by atoms with E-state index in [9.17, 15) is 4.79 Å². The second kappa shape index (κ2) is 5.48. The molecule has 1 N–H and O–H groups in total. The van der Waals surface area contributed by atoms with Crippen LogP contribution in [-0.4, -0.2) is 5.91 Å². The van der Waals surface area contributed by atoms with Crippen LogP contribution in [0.15, 0.2) is 35.7 Å². The van der Waals surface area contributed by atoms with Crippen molar-refractivity contribution in [3.05, 3.63) is 52.4 Å². The molecular weight excluding hydrogens is 244 g/mol. The maximum atomic E-state index is 11.8. The number of hydrogen-bond acceptors (Lipinski definition) is 3. The molecule has 2 rings (SSSR count). The van der Waals surface area contributed by atoms with Crippen LogP contribution in [-0.2, 0) is 11.2 Å². The van der Waals surface area contributed by atoms with Gasteiger partial charge in [-0.3, -0.25) is 4.79 Å². The fourth-order valence-corrected chi connectivity index (χ4v) is 2.31. The third-order valence-corrected chi connectivity index (χ3v) is 3.35. The molecule has 1 aromatic carbocycles. The van der Waals surface area contributed by atoms with Gasteiger partial charge in [0.05, 0.1) is 12.0 Å². The zero-order chi connectivity index (χ0) is 13.0. The van der Waals surface area contributed by atoms with E-state index in [1.807, 2.05) is 37.3 Å². The molecule has 1 amide bonds. The molecule has 4 heteroatoms. The van der Waals surface area contributed by atoms with Crippen molar-refractivity contribution in [3.63, 3.8) is 0 Å². The maximum absolute atomic E-state index is 11.8. The topological polar surface area (TPSA) is 52.9 Å². The minimum atomic E-state index is -0.0993. The molecule has 0 unspecified atom stereocenters. The molecule has 0 aliphatic heterocycles. The van der Waals surface area contributed by atoms with Crippen LogP contribution in [0.5, 0.6) is 0 Å². The number of carbonyl (C=O) groups is 1. The SMILES string of the molecule is Cc1ccc(CC(=O)Nc2sccc2C#N)cc1. The minimum absolute atomic E-state index is 0.0993. The van der Waals surface area contributed by atoms with E-state index in [0.717, 1.165) is 5.56 Å². The lowest BCUT2D eigenvalue weighted by atomic mass is 10.1. The normalized spacial score (nSPS) is 9.78. The number of benzene rings is 1. The molecule has 0 saturated carbocycles. The molecule has 0 fully saturated rings. The van der Waals surface area contributed by atoms with Gasteiger partial charge in [0.15, 0.2) is 0 Å². The number of nitrogens with zero attached hydrogens (tertiary/aromatic N) is 1. The minimum Gasteiger partial charge on any atom is -0.316 e. The van der Waals surface area contributed by atoms with Crippen LogP contribution in [0, 0.1) is 18.3 Å². The molecule has 3 nitrogen and oxygen atoms in total. The van der Waals surface area contributed by atoms with Crippen molar-refractivity contribution in [1.29, 1.82) is 5.26 Å². The number of thiophene rings is 1. The van der Waals surface area contributed by atoms with Crippen LogP contribution >= 0.6 is 11.3 Å². The van der Waals surface area contributed by atoms with Crippen molar-refractivity contribution in [2.75, 3.05) is 5.32 Å². The highest BCUT2D eigenvalue weighted by molar-refractivity contribution is 7.14. The van der Waals surface area contributed by atoms with Crippen LogP contribution in [0.1, 0.15) is 16.7 Å². The zero-order valence-electron chi connectivity index (χ0n) is 9.93. The summed E-state index contributed by atoms with van der Waals surface area (Å²) in [5.74, 6) is -0.0993. The Kier molecular flexibility index (Phi) is 3.75. The first-order valence-corrected chi connectivity index (χ1v) is 6.40. The number of carbonyl (C=O) groups excluding carboxylic acids is 1. The van der Waals surface area contributed by atoms with Gasteiger partial charge in [-0.15, -0.1) is 11.3 Å². The Bertz CT molecular complexity index is 593. The largest absolute Gasteiger partial charge is 0.316 e. The van der Waals surface area contributed by atoms with Gasteiger partial charge in [-0.05, 0) is 23.9 Å². The molecule has 0 bridgehead atoms. The Hall–Kier alpha value is -2.12. The zero-order valence-corrected chi connectivity index (χ0v) is 10.8. The Balaban J connectivity index is 2.01. The Morgan fingerprint density at radius 2 is 2.06 bits per heavy atom. The molecule has 0 atom stereocenters. The number of nitrogens with one attached hydrogen (secondary N) is 1. The van der Waals surface area contributed by atoms with E-state index in [0.29, 0.717) is 17.0 Å². The molecule has 2 aromatic rings. The van der Waals surface area contributed by atoms with Crippen molar-refractivity contribution in [2.45, 2.75) is 13.3 Å². The van der Waals surface area contributed by atoms with Crippen LogP contribution in [0.2, 0.25) is 0 Å². The van der Waals surface area contributed by atoms with E-state index in [-0.39, 0.29) is 5.91 Å². The van der Waals surface area contributed by atoms with Gasteiger partial charge in [-0.25, -0.2) is 0 Å². The third-order valence-electron chi connectivity index (χ3n) is 2.52. The van der Waals surface area contributed by atoms with Crippen LogP contribution < -0.4 is 5.32 Å². The summed E-state index contributed by atoms with van der Waals surface area (Å²) in [6, 6.07) is 11.6. The summed E-state index contributed by atoms with van der Waals surface area (Å²) in [6.07, 6.45) is 0.322. The first-order valence-electron chi connectivity index (χ1n) is 5.52. The van der Waals surface area contributed by atoms with E-state index in [1.54, 1.807) is 11.4 Å². The average Bonchev–Trinajstić information content (AvgIpc) is 2.79. The third kappa shape index (κ3) is 2.96. The van der Waals surface area contributed by atoms with Gasteiger partial charge >= 0.3 is 0 Å². The van der Waals surface area contributed by atoms with Gasteiger partial charge < -0.3 is 5.32 Å². The average molecular weight is 256 g/mol. The monoisotopic (exact) mass is 256 g/mol. The predicted molar refractivity (Wildman–Crippen MR) is 72.5 cm³/mol. The van der Waals surface area contributed by atoms with E-state index < -0.39 is 0 Å². The second-order valence-electron chi connectivity index (χ2n) is 3.99. The maximum Gasteiger partial charge on any atom is 0.229 e. The summed E-state index contributed by atoms with van der Waals surface area (Å²) in [7, 11) is 0. The van der Waals surface area contributed by atoms with E-state index >= 15 is 0 Å². The van der Waals surface area contributed by atoms with Crippen molar-refractivity contribution in [1.82, 2.24) is 0 Å². The predicted octanol–water partition coefficient (Wildman–Crippen LogP) is 3.11. The molecule has 0 aliphatic rings. The van der Waals surface area contributed by atoms with Gasteiger partial charge in [0.2, 0.25) is 5.91 Å². The summed E-state index contributed by atoms with van der Waals surface area (Å²) in [6.45, 7) is 2.01. The summed E-state index contributed by atoms with van der Waals surface area (Å²) in [4.78, 5) is 11.8. The summed E-state index contributed by atoms with van der Waals surface area (Å²) in [5, 5.41) is 14.0. The Labute approximate surface area is 110 Å². The molecule has 1 heterocycles. The molecule has 0 radical (unpaired) electrons. The highest BCUT2D eigenvalue weighted by Crippen LogP contribution is 2.22. The van der Waals surface area contributed by atoms with Crippen LogP contribution in [0.4, 0.5) is 5.00 Å². The van der Waals surface area contributed by atoms with Crippen molar-refractivity contribution >= 4 is 22.2 Å². The highest BCUT2D eigenvalue weighted by atomic mass is 32.1. The van der Waals surface area contributed by atoms with Gasteiger partial charge in [-0.2, -0.15) is 5.26 Å². The molecular formula is C14H12N2OS. The number of amides is 1. The lowest BCUT2D eigenvalue weighted by molar-refractivity contribution is -0.115. The molecule has 1 aromatic heterocycles. The quantitative estimate of drug-likeness (QED) is 0.917. The van der Waals surface area contributed by atoms with Crippen LogP contribution in [0.3, 0.4) is 0 Å². The van der Waals surface area contributed by atoms with Crippen LogP contribution in [0.25, 0.3) is 0 Å². The van der Waals surface area contributed by atoms with E-state index in [2.05, 4.69) is 5.32 Å². The first kappa shape index (κ1) is 12.3. The number of hydrogen-bond donors (Lipinski definition) is 1. The van der Waals surface area contributed by atoms with Gasteiger partial charge in [-0.1, -0.05) is 29.8 Å². The molecule has 0 saturated heterocycles. The number of aryl methyl sites for hydroxylation is 1. The van der Waals surface area contributed by atoms with Crippen molar-refractivity contribution in [3.8, 4) is 6.07 Å². The number of rotatable bonds is 3. The molecule has 0 spiro atoms. The fourth-order valence-electron chi connectivity index (χ4n) is 1.56. The van der Waals surface area contributed by atoms with Crippen molar-refractivity contribution in [2.24, 2.45) is 0 Å². The van der Waals surface area contributed by atoms with Crippen molar-refractivity contribution < 1.29 is 4.79 Å². The summed E-state index contributed by atoms with van der Waals surface area (Å²) < 4.78 is 0. The summed E-state index contributed by atoms with van der Waals surface area (Å²) in [5.41, 5.74) is 2.65. The van der Waals surface area contributed by atoms with Gasteiger partial charge in [0, 0.05) is 0 Å². The first-order chi connectivity index (χ1) is 8.69. The Morgan fingerprint density at radius 3 is 2.72 bits per heavy atom. The van der Waals surface area contributed by atoms with Gasteiger partial charge in [0.1, 0.15) is 11.1 Å². The smallest absolute Gasteiger partial charge is 0.229 e. The molecule has 90 valence electrons. The van der Waals surface area contributed by atoms with E-state index in [1.165, 1.54) is 16.9 Å². The van der Waals surface area contributed by atoms with E-state index in [4.69, 9.17) is 5.26 Å². The highest BCUT2D eigenvalue weighted by Gasteiger charge is 2.08. The lowest BCUT2D eigenvalue weighted by Crippen LogP contribution is -2.14. The second-order valence-corrected chi connectivity index (χ2v) is 4.90. The lowest BCUT2D eigenvalue weighted by Gasteiger charge is -2.03. The standard InChI is InChI=1S/C14H12N2OS/c1-10-2-4-11(5-3-10)8-13(17)16-14-12(9-15)6-7-18-14/h2-7H,8H2,1H3,(H,16,17).